The summed E-state index contributed by atoms with van der Waals surface area (Å²) >= 11 is 0. The largest absolute Gasteiger partial charge is 0.469 e. The Morgan fingerprint density at radius 2 is 1.02 bits per heavy atom. The molecule has 668 valence electrons. The molecule has 0 unspecified atom stereocenters. The second-order valence-corrected chi connectivity index (χ2v) is 34.9. The van der Waals surface area contributed by atoms with Crippen LogP contribution in [0.5, 0.6) is 0 Å². The summed E-state index contributed by atoms with van der Waals surface area (Å²) in [5, 5.41) is 47.1. The maximum absolute atomic E-state index is 15.6. The van der Waals surface area contributed by atoms with Gasteiger partial charge in [-0.25, -0.2) is 4.98 Å². The minimum absolute atomic E-state index is 0.0344. The molecule has 4 saturated heterocycles. The number of aromatic nitrogens is 4. The van der Waals surface area contributed by atoms with Crippen molar-refractivity contribution in [3.63, 3.8) is 0 Å². The first kappa shape index (κ1) is 95.2. The van der Waals surface area contributed by atoms with E-state index < -0.39 is 241 Å². The zero-order valence-electron chi connectivity index (χ0n) is 70.2. The van der Waals surface area contributed by atoms with Crippen molar-refractivity contribution >= 4 is 144 Å². The van der Waals surface area contributed by atoms with E-state index in [4.69, 9.17) is 15.2 Å². The first-order valence-electron chi connectivity index (χ1n) is 40.9. The number of H-pyrrole nitrogens is 3. The molecule has 0 aliphatic carbocycles. The standard InChI is InChI=1S/C81H112N20O20S2/c1-39(2)24-53-69(107)86-34-63(103)89-52(21-22-64(104)120-9)70(108)92-54(25-40(3)4)75(113)98-66(41(5)6)79(117)95-56(27-45-32-85-51-19-14-12-17-49(45)51)72(110)97-60-37-123-122-36-59(76(114)88-42(7)68(106)90-55(26-44-31-84-50-18-13-11-16-48(44)50)71(109)93-57(73(111)91-53)29-47-33-83-38-87-47)96-74(112)58(30-65(105)121-10)94-78(116)62-28-46(82)35-101(62)80(118)61-20-15-23-100(61)81(119)67(43(8)102)99-77(60)115/h11-14,16-19,31-33,38-43,46,52-62,66-67,84-85,102H,15,20-30,34-37,82H2,1-10H3,(H,83,87)(H,86,107)(H,88,114)(H,89,103)(H,90,106)(H,91,111)(H,92,108)(H,93,109)(H,94,116)(H,95,117)(H,96,112)(H,97,110)(H,98,113)(H,99,115)/t42-,43+,46-,52-,53-,54-,55-,56-,57-,58-,59-,60-,61+,62-,66-,67-/m0/s1. The monoisotopic (exact) mass is 1750 g/mol. The second kappa shape index (κ2) is 44.4. The summed E-state index contributed by atoms with van der Waals surface area (Å²) in [5.74, 6) is -18.9. The van der Waals surface area contributed by atoms with Gasteiger partial charge in [0, 0.05) is 102 Å². The van der Waals surface area contributed by atoms with Gasteiger partial charge in [-0.2, -0.15) is 0 Å². The van der Waals surface area contributed by atoms with Crippen molar-refractivity contribution in [1.29, 1.82) is 0 Å². The minimum Gasteiger partial charge on any atom is -0.469 e. The van der Waals surface area contributed by atoms with Crippen LogP contribution in [-0.4, -0.2) is 277 Å². The number of methoxy groups -OCH3 is 2. The zero-order chi connectivity index (χ0) is 89.6. The molecule has 0 radical (unpaired) electrons. The van der Waals surface area contributed by atoms with Crippen LogP contribution in [0.1, 0.15) is 124 Å². The fourth-order valence-corrected chi connectivity index (χ4v) is 17.3. The maximum atomic E-state index is 15.6. The van der Waals surface area contributed by atoms with E-state index in [0.29, 0.717) is 38.6 Å². The summed E-state index contributed by atoms with van der Waals surface area (Å²) in [6.07, 6.45) is 1.59. The van der Waals surface area contributed by atoms with E-state index in [1.807, 2.05) is 0 Å². The summed E-state index contributed by atoms with van der Waals surface area (Å²) in [7, 11) is 3.75. The van der Waals surface area contributed by atoms with E-state index in [1.165, 1.54) is 26.4 Å². The summed E-state index contributed by atoms with van der Waals surface area (Å²) in [5.41, 5.74) is 9.01. The number of hydrogen-bond acceptors (Lipinski definition) is 24. The van der Waals surface area contributed by atoms with E-state index in [-0.39, 0.29) is 76.3 Å². The van der Waals surface area contributed by atoms with E-state index >= 15 is 28.8 Å². The number of aromatic amines is 3. The molecule has 0 saturated carbocycles. The van der Waals surface area contributed by atoms with Crippen LogP contribution >= 0.6 is 21.6 Å². The minimum atomic E-state index is -1.86. The number of rotatable bonds is 17. The Hall–Kier alpha value is -11.7. The Balaban J connectivity index is 1.15. The van der Waals surface area contributed by atoms with E-state index in [0.717, 1.165) is 45.6 Å². The molecule has 40 nitrogen and oxygen atoms in total. The van der Waals surface area contributed by atoms with Gasteiger partial charge in [-0.1, -0.05) is 99.5 Å². The molecule has 19 N–H and O–H groups in total. The molecule has 2 bridgehead atoms. The van der Waals surface area contributed by atoms with Gasteiger partial charge in [0.1, 0.15) is 84.6 Å². The number of carbonyl (C=O) groups excluding carboxylic acids is 17. The third kappa shape index (κ3) is 26.2. The van der Waals surface area contributed by atoms with Crippen LogP contribution < -0.4 is 74.9 Å². The van der Waals surface area contributed by atoms with Crippen LogP contribution in [0.3, 0.4) is 0 Å². The molecule has 3 aromatic heterocycles. The van der Waals surface area contributed by atoms with Gasteiger partial charge in [-0.15, -0.1) is 0 Å². The van der Waals surface area contributed by atoms with Crippen LogP contribution in [0.4, 0.5) is 0 Å². The van der Waals surface area contributed by atoms with Gasteiger partial charge in [0.15, 0.2) is 0 Å². The van der Waals surface area contributed by atoms with Crippen molar-refractivity contribution in [2.45, 2.75) is 223 Å². The third-order valence-corrected chi connectivity index (χ3v) is 24.0. The van der Waals surface area contributed by atoms with Crippen LogP contribution in [-0.2, 0) is 110 Å². The topological polar surface area (TPSA) is 578 Å². The average molecular weight is 1750 g/mol. The highest BCUT2D eigenvalue weighted by Gasteiger charge is 2.48. The lowest BCUT2D eigenvalue weighted by molar-refractivity contribution is -0.149. The Bertz CT molecular complexity index is 4670. The summed E-state index contributed by atoms with van der Waals surface area (Å²) in [6, 6.07) is -9.22. The van der Waals surface area contributed by atoms with Crippen LogP contribution in [0.25, 0.3) is 21.8 Å². The molecular weight excluding hydrogens is 1640 g/mol. The molecule has 123 heavy (non-hydrogen) atoms. The van der Waals surface area contributed by atoms with Gasteiger partial charge in [0.25, 0.3) is 0 Å². The van der Waals surface area contributed by atoms with Gasteiger partial charge in [-0.3, -0.25) is 81.5 Å². The lowest BCUT2D eigenvalue weighted by Gasteiger charge is -2.34. The predicted molar refractivity (Wildman–Crippen MR) is 449 cm³/mol. The molecule has 9 rings (SSSR count). The molecule has 2 aromatic carbocycles. The Labute approximate surface area is 717 Å². The molecule has 16 atom stereocenters. The number of nitrogens with zero attached hydrogens (tertiary/aromatic N) is 3. The average Bonchev–Trinajstić information content (AvgIpc) is 1.66. The van der Waals surface area contributed by atoms with Crippen LogP contribution in [0.15, 0.2) is 73.4 Å². The number of para-hydroxylation sites is 2. The summed E-state index contributed by atoms with van der Waals surface area (Å²) in [4.78, 5) is 265. The number of carbonyl (C=O) groups is 17. The lowest BCUT2D eigenvalue weighted by atomic mass is 9.98. The number of benzene rings is 2. The number of esters is 2. The predicted octanol–water partition coefficient (Wildman–Crippen LogP) is -2.67. The van der Waals surface area contributed by atoms with Crippen molar-refractivity contribution in [2.75, 3.05) is 45.4 Å². The summed E-state index contributed by atoms with van der Waals surface area (Å²) in [6.45, 7) is 11.5. The fraction of sp³-hybridized carbons (Fsp3) is 0.556. The quantitative estimate of drug-likeness (QED) is 0.0333. The number of aliphatic hydroxyl groups excluding tert-OH is 1. The van der Waals surface area contributed by atoms with Gasteiger partial charge in [-0.05, 0) is 93.4 Å². The highest BCUT2D eigenvalue weighted by molar-refractivity contribution is 8.76. The normalized spacial score (nSPS) is 26.7. The molecule has 0 spiro atoms. The smallest absolute Gasteiger partial charge is 0.308 e. The number of nitrogens with one attached hydrogen (secondary N) is 16. The van der Waals surface area contributed by atoms with Crippen molar-refractivity contribution < 1.29 is 96.1 Å². The SMILES string of the molecule is COC(=O)CC[C@@H]1NC(=O)CNC(=O)[C@H](CC(C)C)NC(=O)[C@H](Cc2cnc[nH]2)NC(=O)[C@H](Cc2c[nH]c3ccccc23)NC(=O)[C@H](C)NC(=O)[C@@H]2CSSC[C@H](NC(=O)[C@H](Cc3c[nH]c4ccccc34)NC(=O)[C@H](C(C)C)NC(=O)[C@H](CC(C)C)NC1=O)C(=O)N[C@@H]([C@@H](C)O)C(=O)N1CCC[C@@H]1C(=O)N1C[C@@H](N)C[C@H]1C(=O)N[C@@H](CC(=O)OC)C(=O)N2. The highest BCUT2D eigenvalue weighted by atomic mass is 33.1. The van der Waals surface area contributed by atoms with Crippen LogP contribution in [0.2, 0.25) is 0 Å². The van der Waals surface area contributed by atoms with Crippen molar-refractivity contribution in [3.8, 4) is 0 Å². The number of fused-ring (bicyclic) bond motifs is 9. The molecule has 4 aliphatic rings. The van der Waals surface area contributed by atoms with E-state index in [2.05, 4.69) is 89.1 Å². The number of imidazole rings is 1. The Morgan fingerprint density at radius 3 is 1.57 bits per heavy atom. The number of ether oxygens (including phenoxy) is 2. The number of aliphatic hydroxyl groups is 1. The van der Waals surface area contributed by atoms with Crippen molar-refractivity contribution in [2.24, 2.45) is 23.5 Å². The Kier molecular flexibility index (Phi) is 34.4. The van der Waals surface area contributed by atoms with E-state index in [1.54, 1.807) is 102 Å². The molecule has 7 heterocycles. The van der Waals surface area contributed by atoms with E-state index in [9.17, 15) is 57.8 Å². The molecule has 15 amide bonds. The van der Waals surface area contributed by atoms with Gasteiger partial charge in [0.05, 0.1) is 39.6 Å². The second-order valence-electron chi connectivity index (χ2n) is 32.3. The lowest BCUT2D eigenvalue weighted by Crippen LogP contribution is -2.63. The number of nitrogens with two attached hydrogens (primary N) is 1. The van der Waals surface area contributed by atoms with Gasteiger partial charge >= 0.3 is 11.9 Å². The highest BCUT2D eigenvalue weighted by Crippen LogP contribution is 2.29. The zero-order valence-corrected chi connectivity index (χ0v) is 71.8. The first-order valence-corrected chi connectivity index (χ1v) is 43.4. The molecular formula is C81H112N20O20S2. The number of hydrogen-bond donors (Lipinski definition) is 18. The summed E-state index contributed by atoms with van der Waals surface area (Å²) < 4.78 is 9.81. The maximum Gasteiger partial charge on any atom is 0.308 e. The first-order chi connectivity index (χ1) is 58.5. The third-order valence-electron chi connectivity index (χ3n) is 21.5. The molecule has 42 heteroatoms. The molecule has 4 fully saturated rings. The van der Waals surface area contributed by atoms with Crippen molar-refractivity contribution in [1.82, 2.24) is 98.9 Å². The van der Waals surface area contributed by atoms with Crippen LogP contribution in [0, 0.1) is 17.8 Å². The number of amides is 15. The van der Waals surface area contributed by atoms with Crippen molar-refractivity contribution in [3.05, 3.63) is 90.3 Å². The van der Waals surface area contributed by atoms with Gasteiger partial charge < -0.3 is 114 Å². The molecule has 4 aliphatic heterocycles. The molecule has 5 aromatic rings. The van der Waals surface area contributed by atoms with Gasteiger partial charge in [0.2, 0.25) is 88.6 Å². The fourth-order valence-electron chi connectivity index (χ4n) is 14.9. The Morgan fingerprint density at radius 1 is 0.520 bits per heavy atom.